The summed E-state index contributed by atoms with van der Waals surface area (Å²) in [6.07, 6.45) is 3.60. The van der Waals surface area contributed by atoms with Gasteiger partial charge in [-0.05, 0) is 62.6 Å². The second-order valence-corrected chi connectivity index (χ2v) is 8.32. The Labute approximate surface area is 187 Å². The number of nitriles is 1. The number of halogens is 1. The minimum atomic E-state index is -0.145. The van der Waals surface area contributed by atoms with Gasteiger partial charge in [0.05, 0.1) is 24.9 Å². The van der Waals surface area contributed by atoms with Crippen LogP contribution in [0.1, 0.15) is 47.0 Å². The number of carbonyl (C=O) groups excluding carboxylic acids is 1. The quantitative estimate of drug-likeness (QED) is 0.587. The number of rotatable bonds is 6. The van der Waals surface area contributed by atoms with Gasteiger partial charge in [0.2, 0.25) is 5.91 Å². The molecule has 1 aliphatic heterocycles. The molecule has 1 aromatic carbocycles. The molecule has 3 heterocycles. The summed E-state index contributed by atoms with van der Waals surface area (Å²) in [5.41, 5.74) is 3.33. The highest BCUT2D eigenvalue weighted by Crippen LogP contribution is 2.35. The first-order valence-electron chi connectivity index (χ1n) is 10.4. The lowest BCUT2D eigenvalue weighted by Gasteiger charge is -2.25. The molecule has 0 bridgehead atoms. The second kappa shape index (κ2) is 9.01. The molecule has 0 radical (unpaired) electrons. The number of hydrogen-bond acceptors (Lipinski definition) is 4. The Morgan fingerprint density at radius 2 is 2.10 bits per heavy atom. The molecule has 1 fully saturated rings. The molecule has 3 aromatic rings. The Bertz CT molecular complexity index is 1130. The van der Waals surface area contributed by atoms with Crippen LogP contribution in [-0.4, -0.2) is 28.5 Å². The molecule has 4 rings (SSSR count). The van der Waals surface area contributed by atoms with Crippen molar-refractivity contribution in [3.8, 4) is 6.07 Å². The fourth-order valence-electron chi connectivity index (χ4n) is 4.36. The molecular formula is C24H25ClN4O2. The number of aromatic nitrogens is 1. The van der Waals surface area contributed by atoms with Crippen LogP contribution in [0.4, 0.5) is 5.82 Å². The van der Waals surface area contributed by atoms with Crippen LogP contribution in [0.25, 0.3) is 0 Å². The van der Waals surface area contributed by atoms with Gasteiger partial charge in [-0.1, -0.05) is 29.8 Å². The summed E-state index contributed by atoms with van der Waals surface area (Å²) >= 11 is 6.41. The molecule has 2 aromatic heterocycles. The van der Waals surface area contributed by atoms with Crippen LogP contribution >= 0.6 is 11.6 Å². The van der Waals surface area contributed by atoms with E-state index in [0.29, 0.717) is 17.9 Å². The van der Waals surface area contributed by atoms with Gasteiger partial charge in [-0.25, -0.2) is 0 Å². The molecule has 0 aliphatic carbocycles. The smallest absolute Gasteiger partial charge is 0.239 e. The van der Waals surface area contributed by atoms with Crippen LogP contribution in [0, 0.1) is 25.2 Å². The summed E-state index contributed by atoms with van der Waals surface area (Å²) in [5, 5.41) is 13.4. The van der Waals surface area contributed by atoms with Gasteiger partial charge in [0.1, 0.15) is 17.6 Å². The van der Waals surface area contributed by atoms with Gasteiger partial charge >= 0.3 is 0 Å². The van der Waals surface area contributed by atoms with Crippen LogP contribution in [0.3, 0.4) is 0 Å². The molecular weight excluding hydrogens is 412 g/mol. The number of furan rings is 1. The maximum atomic E-state index is 13.0. The Morgan fingerprint density at radius 1 is 1.29 bits per heavy atom. The van der Waals surface area contributed by atoms with Crippen molar-refractivity contribution in [1.82, 2.24) is 9.47 Å². The number of nitrogens with zero attached hydrogens (tertiary/aromatic N) is 3. The van der Waals surface area contributed by atoms with Gasteiger partial charge in [-0.15, -0.1) is 0 Å². The summed E-state index contributed by atoms with van der Waals surface area (Å²) < 4.78 is 7.41. The number of nitrogens with one attached hydrogen (secondary N) is 1. The zero-order valence-corrected chi connectivity index (χ0v) is 18.4. The van der Waals surface area contributed by atoms with Crippen molar-refractivity contribution < 1.29 is 9.21 Å². The first-order valence-corrected chi connectivity index (χ1v) is 10.8. The standard InChI is InChI=1S/C24H25ClN4O2/c1-16-17(2)29(14-18-7-6-12-31-18)24(20(16)13-26)27-23(30)15-28-11-5-10-22(28)19-8-3-4-9-21(19)25/h3-4,6-9,12,22H,5,10-11,14-15H2,1-2H3,(H,27,30). The molecule has 1 unspecified atom stereocenters. The molecule has 7 heteroatoms. The Kier molecular flexibility index (Phi) is 6.17. The topological polar surface area (TPSA) is 74.2 Å². The normalized spacial score (nSPS) is 16.4. The molecule has 31 heavy (non-hydrogen) atoms. The molecule has 160 valence electrons. The Balaban J connectivity index is 1.55. The Morgan fingerprint density at radius 3 is 2.81 bits per heavy atom. The van der Waals surface area contributed by atoms with Gasteiger partial charge in [-0.2, -0.15) is 5.26 Å². The van der Waals surface area contributed by atoms with Crippen molar-refractivity contribution in [3.05, 3.63) is 75.8 Å². The number of hydrogen-bond donors (Lipinski definition) is 1. The molecule has 1 saturated heterocycles. The number of anilines is 1. The van der Waals surface area contributed by atoms with Crippen molar-refractivity contribution in [3.63, 3.8) is 0 Å². The van der Waals surface area contributed by atoms with E-state index in [-0.39, 0.29) is 18.5 Å². The SMILES string of the molecule is Cc1c(C#N)c(NC(=O)CN2CCCC2c2ccccc2Cl)n(Cc2ccco2)c1C. The third kappa shape index (κ3) is 4.25. The lowest BCUT2D eigenvalue weighted by Crippen LogP contribution is -2.33. The highest BCUT2D eigenvalue weighted by Gasteiger charge is 2.29. The maximum absolute atomic E-state index is 13.0. The van der Waals surface area contributed by atoms with Gasteiger partial charge in [0.15, 0.2) is 0 Å². The molecule has 0 spiro atoms. The molecule has 1 atom stereocenters. The molecule has 0 saturated carbocycles. The monoisotopic (exact) mass is 436 g/mol. The average molecular weight is 437 g/mol. The highest BCUT2D eigenvalue weighted by atomic mass is 35.5. The van der Waals surface area contributed by atoms with Crippen LogP contribution in [-0.2, 0) is 11.3 Å². The lowest BCUT2D eigenvalue weighted by atomic mass is 10.0. The maximum Gasteiger partial charge on any atom is 0.239 e. The van der Waals surface area contributed by atoms with Crippen LogP contribution in [0.2, 0.25) is 5.02 Å². The zero-order chi connectivity index (χ0) is 22.0. The van der Waals surface area contributed by atoms with Crippen molar-refractivity contribution in [1.29, 1.82) is 5.26 Å². The largest absolute Gasteiger partial charge is 0.467 e. The first-order chi connectivity index (χ1) is 15.0. The van der Waals surface area contributed by atoms with E-state index in [0.717, 1.165) is 47.0 Å². The van der Waals surface area contributed by atoms with Gasteiger partial charge in [0, 0.05) is 16.8 Å². The van der Waals surface area contributed by atoms with Crippen molar-refractivity contribution >= 4 is 23.3 Å². The van der Waals surface area contributed by atoms with E-state index in [1.807, 2.05) is 54.8 Å². The fourth-order valence-corrected chi connectivity index (χ4v) is 4.62. The van der Waals surface area contributed by atoms with E-state index in [1.165, 1.54) is 0 Å². The van der Waals surface area contributed by atoms with E-state index in [2.05, 4.69) is 16.3 Å². The second-order valence-electron chi connectivity index (χ2n) is 7.91. The number of amides is 1. The van der Waals surface area contributed by atoms with E-state index in [1.54, 1.807) is 6.26 Å². The van der Waals surface area contributed by atoms with Crippen molar-refractivity contribution in [2.24, 2.45) is 0 Å². The van der Waals surface area contributed by atoms with Crippen LogP contribution in [0.15, 0.2) is 47.1 Å². The first kappa shape index (κ1) is 21.2. The van der Waals surface area contributed by atoms with E-state index in [4.69, 9.17) is 16.0 Å². The van der Waals surface area contributed by atoms with Crippen molar-refractivity contribution in [2.45, 2.75) is 39.3 Å². The predicted molar refractivity (Wildman–Crippen MR) is 120 cm³/mol. The van der Waals surface area contributed by atoms with Gasteiger partial charge < -0.3 is 14.3 Å². The number of benzene rings is 1. The fraction of sp³-hybridized carbons (Fsp3) is 0.333. The van der Waals surface area contributed by atoms with Crippen LogP contribution < -0.4 is 5.32 Å². The third-order valence-corrected chi connectivity index (χ3v) is 6.41. The summed E-state index contributed by atoms with van der Waals surface area (Å²) in [6, 6.07) is 13.9. The summed E-state index contributed by atoms with van der Waals surface area (Å²) in [7, 11) is 0. The number of carbonyl (C=O) groups is 1. The third-order valence-electron chi connectivity index (χ3n) is 6.07. The summed E-state index contributed by atoms with van der Waals surface area (Å²) in [5.74, 6) is 1.14. The summed E-state index contributed by atoms with van der Waals surface area (Å²) in [6.45, 7) is 5.37. The zero-order valence-electron chi connectivity index (χ0n) is 17.7. The molecule has 6 nitrogen and oxygen atoms in total. The summed E-state index contributed by atoms with van der Waals surface area (Å²) in [4.78, 5) is 15.2. The molecule has 1 amide bonds. The van der Waals surface area contributed by atoms with E-state index >= 15 is 0 Å². The van der Waals surface area contributed by atoms with Crippen molar-refractivity contribution in [2.75, 3.05) is 18.4 Å². The lowest BCUT2D eigenvalue weighted by molar-refractivity contribution is -0.117. The number of likely N-dealkylation sites (tertiary alicyclic amines) is 1. The van der Waals surface area contributed by atoms with Crippen LogP contribution in [0.5, 0.6) is 0 Å². The van der Waals surface area contributed by atoms with Gasteiger partial charge in [0.25, 0.3) is 0 Å². The average Bonchev–Trinajstić information content (AvgIpc) is 3.47. The Hall–Kier alpha value is -3.01. The predicted octanol–water partition coefficient (Wildman–Crippen LogP) is 5.05. The van der Waals surface area contributed by atoms with E-state index in [9.17, 15) is 10.1 Å². The van der Waals surface area contributed by atoms with E-state index < -0.39 is 0 Å². The molecule has 1 N–H and O–H groups in total. The van der Waals surface area contributed by atoms with Gasteiger partial charge in [-0.3, -0.25) is 9.69 Å². The minimum absolute atomic E-state index is 0.119. The minimum Gasteiger partial charge on any atom is -0.467 e. The highest BCUT2D eigenvalue weighted by molar-refractivity contribution is 6.31. The molecule has 1 aliphatic rings.